The second kappa shape index (κ2) is 6.78. The fourth-order valence-electron chi connectivity index (χ4n) is 1.22. The molecule has 0 saturated carbocycles. The van der Waals surface area contributed by atoms with Crippen LogP contribution >= 0.6 is 11.8 Å². The summed E-state index contributed by atoms with van der Waals surface area (Å²) >= 11 is 1.64. The Morgan fingerprint density at radius 3 is 2.38 bits per heavy atom. The number of carbonyl (C=O) groups excluding carboxylic acids is 1. The quantitative estimate of drug-likeness (QED) is 0.671. The van der Waals surface area contributed by atoms with Crippen LogP contribution < -0.4 is 5.32 Å². The van der Waals surface area contributed by atoms with Gasteiger partial charge in [-0.3, -0.25) is 9.59 Å². The van der Waals surface area contributed by atoms with Crippen LogP contribution in [0.15, 0.2) is 0 Å². The van der Waals surface area contributed by atoms with Crippen molar-refractivity contribution in [3.8, 4) is 0 Å². The lowest BCUT2D eigenvalue weighted by Gasteiger charge is -2.28. The number of hydrogen-bond acceptors (Lipinski definition) is 3. The van der Waals surface area contributed by atoms with E-state index < -0.39 is 11.4 Å². The third-order valence-electron chi connectivity index (χ3n) is 2.92. The normalized spacial score (nSPS) is 14.6. The number of carboxylic acids is 1. The zero-order valence-electron chi connectivity index (χ0n) is 10.4. The maximum absolute atomic E-state index is 11.6. The Bertz CT molecular complexity index is 256. The van der Waals surface area contributed by atoms with Crippen LogP contribution in [0.5, 0.6) is 0 Å². The highest BCUT2D eigenvalue weighted by atomic mass is 32.2. The van der Waals surface area contributed by atoms with Gasteiger partial charge in [0, 0.05) is 18.7 Å². The van der Waals surface area contributed by atoms with E-state index >= 15 is 0 Å². The van der Waals surface area contributed by atoms with Crippen molar-refractivity contribution >= 4 is 23.6 Å². The molecule has 0 bridgehead atoms. The fraction of sp³-hybridized carbons (Fsp3) is 0.818. The van der Waals surface area contributed by atoms with Gasteiger partial charge in [-0.25, -0.2) is 0 Å². The van der Waals surface area contributed by atoms with Crippen LogP contribution in [-0.2, 0) is 9.59 Å². The highest BCUT2D eigenvalue weighted by Gasteiger charge is 2.38. The summed E-state index contributed by atoms with van der Waals surface area (Å²) in [4.78, 5) is 22.7. The first kappa shape index (κ1) is 15.3. The lowest BCUT2D eigenvalue weighted by Crippen LogP contribution is -2.39. The van der Waals surface area contributed by atoms with E-state index in [9.17, 15) is 9.59 Å². The molecule has 4 nitrogen and oxygen atoms in total. The van der Waals surface area contributed by atoms with E-state index in [1.165, 1.54) is 0 Å². The summed E-state index contributed by atoms with van der Waals surface area (Å²) < 4.78 is 0. The van der Waals surface area contributed by atoms with E-state index in [1.807, 2.05) is 20.1 Å². The second-order valence-electron chi connectivity index (χ2n) is 4.40. The predicted molar refractivity (Wildman–Crippen MR) is 66.6 cm³/mol. The van der Waals surface area contributed by atoms with Crippen LogP contribution in [0.1, 0.15) is 27.2 Å². The van der Waals surface area contributed by atoms with Crippen molar-refractivity contribution < 1.29 is 14.7 Å². The highest BCUT2D eigenvalue weighted by molar-refractivity contribution is 7.98. The van der Waals surface area contributed by atoms with Crippen molar-refractivity contribution in [1.82, 2.24) is 5.32 Å². The van der Waals surface area contributed by atoms with Gasteiger partial charge in [-0.15, -0.1) is 0 Å². The molecule has 1 unspecified atom stereocenters. The molecule has 0 aliphatic carbocycles. The Kier molecular flexibility index (Phi) is 6.48. The molecule has 0 aromatic rings. The number of amides is 1. The van der Waals surface area contributed by atoms with Gasteiger partial charge in [-0.2, -0.15) is 11.8 Å². The summed E-state index contributed by atoms with van der Waals surface area (Å²) in [6.07, 6.45) is 2.00. The Hall–Kier alpha value is -0.710. The Labute approximate surface area is 101 Å². The molecule has 16 heavy (non-hydrogen) atoms. The molecule has 0 aliphatic heterocycles. The van der Waals surface area contributed by atoms with Crippen molar-refractivity contribution in [3.05, 3.63) is 0 Å². The SMILES string of the molecule is CSCCNC(=O)CC(C)(C(=O)O)C(C)C. The number of aliphatic carboxylic acids is 1. The monoisotopic (exact) mass is 247 g/mol. The summed E-state index contributed by atoms with van der Waals surface area (Å²) in [7, 11) is 0. The molecule has 2 N–H and O–H groups in total. The lowest BCUT2D eigenvalue weighted by atomic mass is 9.76. The summed E-state index contributed by atoms with van der Waals surface area (Å²) in [5.74, 6) is -0.330. The van der Waals surface area contributed by atoms with Crippen molar-refractivity contribution in [1.29, 1.82) is 0 Å². The van der Waals surface area contributed by atoms with Gasteiger partial charge in [0.15, 0.2) is 0 Å². The van der Waals surface area contributed by atoms with Crippen molar-refractivity contribution in [2.24, 2.45) is 11.3 Å². The molecule has 0 heterocycles. The van der Waals surface area contributed by atoms with Crippen LogP contribution in [0, 0.1) is 11.3 Å². The van der Waals surface area contributed by atoms with E-state index in [2.05, 4.69) is 5.32 Å². The predicted octanol–water partition coefficient (Wildman–Crippen LogP) is 1.60. The van der Waals surface area contributed by atoms with Gasteiger partial charge in [0.2, 0.25) is 5.91 Å². The minimum Gasteiger partial charge on any atom is -0.481 e. The van der Waals surface area contributed by atoms with Crippen molar-refractivity contribution in [2.45, 2.75) is 27.2 Å². The number of hydrogen-bond donors (Lipinski definition) is 2. The Morgan fingerprint density at radius 2 is 2.00 bits per heavy atom. The topological polar surface area (TPSA) is 66.4 Å². The molecule has 0 aromatic carbocycles. The molecule has 0 spiro atoms. The first-order valence-corrected chi connectivity index (χ1v) is 6.73. The number of thioether (sulfide) groups is 1. The molecule has 0 aromatic heterocycles. The summed E-state index contributed by atoms with van der Waals surface area (Å²) in [5.41, 5.74) is -0.983. The minimum atomic E-state index is -0.983. The molecule has 0 fully saturated rings. The molecule has 0 rings (SSSR count). The average Bonchev–Trinajstić information content (AvgIpc) is 2.17. The standard InChI is InChI=1S/C11H21NO3S/c1-8(2)11(3,10(14)15)7-9(13)12-5-6-16-4/h8H,5-7H2,1-4H3,(H,12,13)(H,14,15). The average molecular weight is 247 g/mol. The van der Waals surface area contributed by atoms with Crippen LogP contribution in [0.2, 0.25) is 0 Å². The van der Waals surface area contributed by atoms with Gasteiger partial charge in [-0.1, -0.05) is 13.8 Å². The van der Waals surface area contributed by atoms with Crippen LogP contribution in [0.25, 0.3) is 0 Å². The van der Waals surface area contributed by atoms with Crippen molar-refractivity contribution in [3.63, 3.8) is 0 Å². The maximum atomic E-state index is 11.6. The first-order valence-electron chi connectivity index (χ1n) is 5.33. The van der Waals surface area contributed by atoms with Gasteiger partial charge in [-0.05, 0) is 19.1 Å². The first-order chi connectivity index (χ1) is 7.34. The minimum absolute atomic E-state index is 0.0361. The van der Waals surface area contributed by atoms with E-state index in [0.29, 0.717) is 6.54 Å². The Balaban J connectivity index is 4.31. The zero-order chi connectivity index (χ0) is 12.8. The van der Waals surface area contributed by atoms with Crippen LogP contribution in [0.3, 0.4) is 0 Å². The number of carboxylic acid groups (broad SMARTS) is 1. The fourth-order valence-corrected chi connectivity index (χ4v) is 1.52. The summed E-state index contributed by atoms with van der Waals surface area (Å²) in [6, 6.07) is 0. The third kappa shape index (κ3) is 4.43. The number of carbonyl (C=O) groups is 2. The van der Waals surface area contributed by atoms with E-state index in [-0.39, 0.29) is 18.2 Å². The lowest BCUT2D eigenvalue weighted by molar-refractivity contribution is -0.153. The number of nitrogens with one attached hydrogen (secondary N) is 1. The molecular formula is C11H21NO3S. The molecule has 5 heteroatoms. The second-order valence-corrected chi connectivity index (χ2v) is 5.38. The third-order valence-corrected chi connectivity index (χ3v) is 3.53. The molecular weight excluding hydrogens is 226 g/mol. The molecule has 1 atom stereocenters. The van der Waals surface area contributed by atoms with Crippen molar-refractivity contribution in [2.75, 3.05) is 18.6 Å². The molecule has 94 valence electrons. The summed E-state index contributed by atoms with van der Waals surface area (Å²) in [6.45, 7) is 5.86. The van der Waals surface area contributed by atoms with Gasteiger partial charge in [0.05, 0.1) is 5.41 Å². The van der Waals surface area contributed by atoms with Gasteiger partial charge < -0.3 is 10.4 Å². The molecule has 0 saturated heterocycles. The van der Waals surface area contributed by atoms with Crippen LogP contribution in [-0.4, -0.2) is 35.5 Å². The highest BCUT2D eigenvalue weighted by Crippen LogP contribution is 2.31. The molecule has 1 amide bonds. The number of rotatable bonds is 7. The molecule has 0 aliphatic rings. The van der Waals surface area contributed by atoms with Gasteiger partial charge >= 0.3 is 5.97 Å². The maximum Gasteiger partial charge on any atom is 0.310 e. The van der Waals surface area contributed by atoms with Gasteiger partial charge in [0.1, 0.15) is 0 Å². The van der Waals surface area contributed by atoms with E-state index in [4.69, 9.17) is 5.11 Å². The largest absolute Gasteiger partial charge is 0.481 e. The van der Waals surface area contributed by atoms with E-state index in [0.717, 1.165) is 5.75 Å². The molecule has 0 radical (unpaired) electrons. The Morgan fingerprint density at radius 1 is 1.44 bits per heavy atom. The zero-order valence-corrected chi connectivity index (χ0v) is 11.2. The van der Waals surface area contributed by atoms with E-state index in [1.54, 1.807) is 18.7 Å². The van der Waals surface area contributed by atoms with Crippen LogP contribution in [0.4, 0.5) is 0 Å². The summed E-state index contributed by atoms with van der Waals surface area (Å²) in [5, 5.41) is 11.9. The van der Waals surface area contributed by atoms with Gasteiger partial charge in [0.25, 0.3) is 0 Å². The smallest absolute Gasteiger partial charge is 0.310 e.